The van der Waals surface area contributed by atoms with Crippen molar-refractivity contribution in [2.45, 2.75) is 31.7 Å². The number of ether oxygens (including phenoxy) is 1. The summed E-state index contributed by atoms with van der Waals surface area (Å²) < 4.78 is 4.93. The summed E-state index contributed by atoms with van der Waals surface area (Å²) in [5, 5.41) is 9.31. The van der Waals surface area contributed by atoms with Crippen LogP contribution in [0.5, 0.6) is 6.01 Å². The van der Waals surface area contributed by atoms with Gasteiger partial charge in [-0.3, -0.25) is 0 Å². The smallest absolute Gasteiger partial charge is 0.326 e. The van der Waals surface area contributed by atoms with Crippen LogP contribution in [0.1, 0.15) is 25.7 Å². The average Bonchev–Trinajstić information content (AvgIpc) is 2.63. The molecule has 0 saturated carbocycles. The van der Waals surface area contributed by atoms with E-state index in [-0.39, 0.29) is 17.2 Å². The molecule has 1 atom stereocenters. The molecule has 7 nitrogen and oxygen atoms in total. The van der Waals surface area contributed by atoms with E-state index >= 15 is 0 Å². The second kappa shape index (κ2) is 6.01. The van der Waals surface area contributed by atoms with Crippen LogP contribution in [0.4, 0.5) is 5.95 Å². The highest BCUT2D eigenvalue weighted by Gasteiger charge is 2.29. The monoisotopic (exact) mass is 286 g/mol. The molecule has 2 rings (SSSR count). The van der Waals surface area contributed by atoms with E-state index in [0.29, 0.717) is 13.0 Å². The molecule has 1 saturated heterocycles. The molecular weight excluding hydrogens is 272 g/mol. The van der Waals surface area contributed by atoms with E-state index in [9.17, 15) is 9.90 Å². The van der Waals surface area contributed by atoms with Gasteiger partial charge in [-0.2, -0.15) is 15.0 Å². The molecule has 0 spiro atoms. The van der Waals surface area contributed by atoms with E-state index in [4.69, 9.17) is 16.3 Å². The quantitative estimate of drug-likeness (QED) is 0.897. The maximum atomic E-state index is 11.4. The number of hydrogen-bond donors (Lipinski definition) is 1. The molecule has 8 heteroatoms. The Kier molecular flexibility index (Phi) is 4.36. The van der Waals surface area contributed by atoms with Crippen molar-refractivity contribution >= 4 is 23.5 Å². The summed E-state index contributed by atoms with van der Waals surface area (Å²) in [5.74, 6) is -0.622. The van der Waals surface area contributed by atoms with Crippen molar-refractivity contribution in [3.8, 4) is 6.01 Å². The molecule has 19 heavy (non-hydrogen) atoms. The van der Waals surface area contributed by atoms with Crippen LogP contribution >= 0.6 is 11.6 Å². The van der Waals surface area contributed by atoms with Crippen molar-refractivity contribution in [2.24, 2.45) is 0 Å². The molecule has 1 N–H and O–H groups in total. The summed E-state index contributed by atoms with van der Waals surface area (Å²) in [7, 11) is 1.42. The number of carbonyl (C=O) groups is 1. The predicted octanol–water partition coefficient (Wildman–Crippen LogP) is 1.37. The zero-order chi connectivity index (χ0) is 13.8. The maximum absolute atomic E-state index is 11.4. The fraction of sp³-hybridized carbons (Fsp3) is 0.636. The zero-order valence-corrected chi connectivity index (χ0v) is 11.3. The SMILES string of the molecule is COc1nc(Cl)nc(N2CCCCCC2C(=O)O)n1. The van der Waals surface area contributed by atoms with Crippen LogP contribution in [0.25, 0.3) is 0 Å². The van der Waals surface area contributed by atoms with Gasteiger partial charge in [0.2, 0.25) is 11.2 Å². The number of aromatic nitrogens is 3. The van der Waals surface area contributed by atoms with Crippen LogP contribution in [0.2, 0.25) is 5.28 Å². The first-order valence-electron chi connectivity index (χ1n) is 6.07. The summed E-state index contributed by atoms with van der Waals surface area (Å²) in [6.07, 6.45) is 3.34. The van der Waals surface area contributed by atoms with E-state index in [2.05, 4.69) is 15.0 Å². The fourth-order valence-electron chi connectivity index (χ4n) is 2.15. The molecule has 1 unspecified atom stereocenters. The Balaban J connectivity index is 2.35. The molecule has 2 heterocycles. The van der Waals surface area contributed by atoms with Gasteiger partial charge in [0.05, 0.1) is 7.11 Å². The van der Waals surface area contributed by atoms with Crippen molar-refractivity contribution in [3.05, 3.63) is 5.28 Å². The molecule has 0 bridgehead atoms. The lowest BCUT2D eigenvalue weighted by atomic mass is 10.1. The zero-order valence-electron chi connectivity index (χ0n) is 10.5. The summed E-state index contributed by atoms with van der Waals surface area (Å²) in [6.45, 7) is 0.584. The van der Waals surface area contributed by atoms with Gasteiger partial charge < -0.3 is 14.7 Å². The highest BCUT2D eigenvalue weighted by Crippen LogP contribution is 2.23. The molecule has 0 aromatic carbocycles. The number of carboxylic acid groups (broad SMARTS) is 1. The average molecular weight is 287 g/mol. The minimum Gasteiger partial charge on any atom is -0.480 e. The van der Waals surface area contributed by atoms with Crippen LogP contribution in [-0.2, 0) is 4.79 Å². The van der Waals surface area contributed by atoms with E-state index in [1.54, 1.807) is 4.90 Å². The van der Waals surface area contributed by atoms with Gasteiger partial charge in [-0.1, -0.05) is 12.8 Å². The number of nitrogens with zero attached hydrogens (tertiary/aromatic N) is 4. The molecule has 0 aliphatic carbocycles. The summed E-state index contributed by atoms with van der Waals surface area (Å²) in [4.78, 5) is 24.9. The number of methoxy groups -OCH3 is 1. The molecule has 0 radical (unpaired) electrons. The molecule has 1 aromatic heterocycles. The molecule has 1 aliphatic rings. The summed E-state index contributed by atoms with van der Waals surface area (Å²) in [5.41, 5.74) is 0. The first kappa shape index (κ1) is 13.8. The van der Waals surface area contributed by atoms with E-state index < -0.39 is 12.0 Å². The third-order valence-electron chi connectivity index (χ3n) is 3.05. The van der Waals surface area contributed by atoms with Gasteiger partial charge in [-0.25, -0.2) is 4.79 Å². The highest BCUT2D eigenvalue weighted by molar-refractivity contribution is 6.28. The Hall–Kier alpha value is -1.63. The number of carboxylic acids is 1. The number of anilines is 1. The Labute approximate surface area is 115 Å². The van der Waals surface area contributed by atoms with Crippen LogP contribution in [-0.4, -0.2) is 45.7 Å². The first-order chi connectivity index (χ1) is 9.11. The minimum atomic E-state index is -0.877. The van der Waals surface area contributed by atoms with Gasteiger partial charge in [-0.15, -0.1) is 0 Å². The Morgan fingerprint density at radius 1 is 1.37 bits per heavy atom. The van der Waals surface area contributed by atoms with E-state index in [1.165, 1.54) is 7.11 Å². The van der Waals surface area contributed by atoms with Gasteiger partial charge in [0.25, 0.3) is 0 Å². The maximum Gasteiger partial charge on any atom is 0.326 e. The van der Waals surface area contributed by atoms with Crippen molar-refractivity contribution in [1.29, 1.82) is 0 Å². The van der Waals surface area contributed by atoms with Gasteiger partial charge in [0.15, 0.2) is 0 Å². The van der Waals surface area contributed by atoms with Gasteiger partial charge >= 0.3 is 12.0 Å². The lowest BCUT2D eigenvalue weighted by molar-refractivity contribution is -0.138. The molecule has 1 fully saturated rings. The largest absolute Gasteiger partial charge is 0.480 e. The summed E-state index contributed by atoms with van der Waals surface area (Å²) in [6, 6.07) is -0.547. The topological polar surface area (TPSA) is 88.4 Å². The number of rotatable bonds is 3. The minimum absolute atomic E-state index is 0.00441. The van der Waals surface area contributed by atoms with Gasteiger partial charge in [0.1, 0.15) is 6.04 Å². The van der Waals surface area contributed by atoms with E-state index in [0.717, 1.165) is 19.3 Å². The Bertz CT molecular complexity index is 471. The van der Waals surface area contributed by atoms with Crippen molar-refractivity contribution in [3.63, 3.8) is 0 Å². The van der Waals surface area contributed by atoms with Gasteiger partial charge in [-0.05, 0) is 24.4 Å². The normalized spacial score (nSPS) is 19.9. The number of aliphatic carboxylic acids is 1. The van der Waals surface area contributed by atoms with Crippen molar-refractivity contribution in [1.82, 2.24) is 15.0 Å². The van der Waals surface area contributed by atoms with Crippen LogP contribution in [0.3, 0.4) is 0 Å². The Morgan fingerprint density at radius 3 is 2.84 bits per heavy atom. The third kappa shape index (κ3) is 3.23. The molecule has 1 aromatic rings. The molecule has 1 aliphatic heterocycles. The number of halogens is 1. The lowest BCUT2D eigenvalue weighted by Crippen LogP contribution is -2.42. The van der Waals surface area contributed by atoms with E-state index in [1.807, 2.05) is 0 Å². The first-order valence-corrected chi connectivity index (χ1v) is 6.44. The van der Waals surface area contributed by atoms with Crippen LogP contribution in [0, 0.1) is 0 Å². The number of hydrogen-bond acceptors (Lipinski definition) is 6. The van der Waals surface area contributed by atoms with Crippen LogP contribution < -0.4 is 9.64 Å². The van der Waals surface area contributed by atoms with Gasteiger partial charge in [0, 0.05) is 6.54 Å². The van der Waals surface area contributed by atoms with Crippen molar-refractivity contribution in [2.75, 3.05) is 18.6 Å². The van der Waals surface area contributed by atoms with Crippen molar-refractivity contribution < 1.29 is 14.6 Å². The standard InChI is InChI=1S/C11H15ClN4O3/c1-19-11-14-9(12)13-10(15-11)16-6-4-2-3-5-7(16)8(17)18/h7H,2-6H2,1H3,(H,17,18). The second-order valence-corrected chi connectivity index (χ2v) is 4.63. The Morgan fingerprint density at radius 2 is 2.16 bits per heavy atom. The fourth-order valence-corrected chi connectivity index (χ4v) is 2.29. The summed E-state index contributed by atoms with van der Waals surface area (Å²) >= 11 is 5.80. The molecular formula is C11H15ClN4O3. The highest BCUT2D eigenvalue weighted by atomic mass is 35.5. The molecule has 0 amide bonds. The molecule has 104 valence electrons. The third-order valence-corrected chi connectivity index (χ3v) is 3.22. The lowest BCUT2D eigenvalue weighted by Gasteiger charge is -2.26. The van der Waals surface area contributed by atoms with Crippen LogP contribution in [0.15, 0.2) is 0 Å². The predicted molar refractivity (Wildman–Crippen MR) is 68.6 cm³/mol. The second-order valence-electron chi connectivity index (χ2n) is 4.29.